The molecule has 1 aromatic carbocycles. The summed E-state index contributed by atoms with van der Waals surface area (Å²) in [5, 5.41) is 2.69. The lowest BCUT2D eigenvalue weighted by Gasteiger charge is -2.16. The summed E-state index contributed by atoms with van der Waals surface area (Å²) < 4.78 is 37.8. The van der Waals surface area contributed by atoms with Gasteiger partial charge in [-0.05, 0) is 43.5 Å². The molecule has 6 heteroatoms. The third-order valence-electron chi connectivity index (χ3n) is 3.28. The van der Waals surface area contributed by atoms with E-state index in [1.807, 2.05) is 6.92 Å². The second kappa shape index (κ2) is 8.02. The standard InChI is InChI=1S/C15H21F3N2O/c1-2-4-11(7-8-19)10-20-14(21)12-5-3-6-13(9-12)15(16,17)18/h3,5-6,9,11H,2,4,7-8,10,19H2,1H3,(H,20,21). The molecule has 0 saturated heterocycles. The normalized spacial score (nSPS) is 13.0. The number of rotatable bonds is 7. The molecule has 1 aromatic rings. The maximum atomic E-state index is 12.6. The number of alkyl halides is 3. The highest BCUT2D eigenvalue weighted by molar-refractivity contribution is 5.94. The molecule has 0 saturated carbocycles. The Balaban J connectivity index is 2.67. The van der Waals surface area contributed by atoms with Gasteiger partial charge < -0.3 is 11.1 Å². The lowest BCUT2D eigenvalue weighted by molar-refractivity contribution is -0.137. The first-order valence-electron chi connectivity index (χ1n) is 7.04. The average molecular weight is 302 g/mol. The minimum absolute atomic E-state index is 0.0211. The Bertz CT molecular complexity index is 454. The Kier molecular flexibility index (Phi) is 6.68. The molecule has 0 aliphatic rings. The molecular formula is C15H21F3N2O. The Morgan fingerprint density at radius 1 is 1.33 bits per heavy atom. The van der Waals surface area contributed by atoms with E-state index in [0.717, 1.165) is 31.4 Å². The Morgan fingerprint density at radius 3 is 2.62 bits per heavy atom. The summed E-state index contributed by atoms with van der Waals surface area (Å²) in [4.78, 5) is 11.9. The Morgan fingerprint density at radius 2 is 2.05 bits per heavy atom. The molecule has 3 nitrogen and oxygen atoms in total. The van der Waals surface area contributed by atoms with Crippen LogP contribution in [0.15, 0.2) is 24.3 Å². The van der Waals surface area contributed by atoms with Crippen molar-refractivity contribution in [3.8, 4) is 0 Å². The maximum absolute atomic E-state index is 12.6. The Labute approximate surface area is 122 Å². The van der Waals surface area contributed by atoms with E-state index in [2.05, 4.69) is 5.32 Å². The van der Waals surface area contributed by atoms with Crippen molar-refractivity contribution in [2.24, 2.45) is 11.7 Å². The minimum atomic E-state index is -4.44. The lowest BCUT2D eigenvalue weighted by atomic mass is 9.99. The van der Waals surface area contributed by atoms with E-state index >= 15 is 0 Å². The first-order chi connectivity index (χ1) is 9.88. The molecule has 0 aromatic heterocycles. The van der Waals surface area contributed by atoms with Crippen molar-refractivity contribution in [2.75, 3.05) is 13.1 Å². The number of halogens is 3. The van der Waals surface area contributed by atoms with Gasteiger partial charge in [0.05, 0.1) is 5.56 Å². The van der Waals surface area contributed by atoms with Crippen molar-refractivity contribution >= 4 is 5.91 Å². The van der Waals surface area contributed by atoms with Crippen LogP contribution in [0.2, 0.25) is 0 Å². The van der Waals surface area contributed by atoms with Crippen molar-refractivity contribution < 1.29 is 18.0 Å². The summed E-state index contributed by atoms with van der Waals surface area (Å²) in [6.45, 7) is 3.00. The number of hydrogen-bond donors (Lipinski definition) is 2. The van der Waals surface area contributed by atoms with Gasteiger partial charge in [-0.2, -0.15) is 13.2 Å². The molecule has 0 bridgehead atoms. The highest BCUT2D eigenvalue weighted by Gasteiger charge is 2.30. The Hall–Kier alpha value is -1.56. The molecule has 0 aliphatic heterocycles. The predicted octanol–water partition coefficient (Wildman–Crippen LogP) is 3.20. The van der Waals surface area contributed by atoms with Gasteiger partial charge in [-0.25, -0.2) is 0 Å². The van der Waals surface area contributed by atoms with Crippen LogP contribution in [-0.4, -0.2) is 19.0 Å². The highest BCUT2D eigenvalue weighted by atomic mass is 19.4. The van der Waals surface area contributed by atoms with E-state index in [4.69, 9.17) is 5.73 Å². The molecule has 1 amide bonds. The van der Waals surface area contributed by atoms with Gasteiger partial charge in [-0.15, -0.1) is 0 Å². The fourth-order valence-corrected chi connectivity index (χ4v) is 2.17. The third kappa shape index (κ3) is 5.75. The smallest absolute Gasteiger partial charge is 0.352 e. The average Bonchev–Trinajstić information content (AvgIpc) is 2.44. The van der Waals surface area contributed by atoms with Crippen molar-refractivity contribution in [1.82, 2.24) is 5.32 Å². The fraction of sp³-hybridized carbons (Fsp3) is 0.533. The zero-order chi connectivity index (χ0) is 15.9. The molecular weight excluding hydrogens is 281 g/mol. The molecule has 3 N–H and O–H groups in total. The van der Waals surface area contributed by atoms with E-state index < -0.39 is 17.6 Å². The van der Waals surface area contributed by atoms with Crippen LogP contribution < -0.4 is 11.1 Å². The molecule has 0 radical (unpaired) electrons. The van der Waals surface area contributed by atoms with Gasteiger partial charge in [0.15, 0.2) is 0 Å². The van der Waals surface area contributed by atoms with Gasteiger partial charge in [0.25, 0.3) is 5.91 Å². The summed E-state index contributed by atoms with van der Waals surface area (Å²) in [6, 6.07) is 4.43. The van der Waals surface area contributed by atoms with Crippen LogP contribution in [0.25, 0.3) is 0 Å². The van der Waals surface area contributed by atoms with Gasteiger partial charge >= 0.3 is 6.18 Å². The molecule has 0 aliphatic carbocycles. The van der Waals surface area contributed by atoms with Crippen molar-refractivity contribution in [3.05, 3.63) is 35.4 Å². The molecule has 0 spiro atoms. The summed E-state index contributed by atoms with van der Waals surface area (Å²) >= 11 is 0. The number of nitrogens with two attached hydrogens (primary N) is 1. The first kappa shape index (κ1) is 17.5. The fourth-order valence-electron chi connectivity index (χ4n) is 2.17. The monoisotopic (exact) mass is 302 g/mol. The van der Waals surface area contributed by atoms with E-state index in [-0.39, 0.29) is 11.5 Å². The zero-order valence-corrected chi connectivity index (χ0v) is 12.0. The number of benzene rings is 1. The number of amides is 1. The summed E-state index contributed by atoms with van der Waals surface area (Å²) in [5.41, 5.74) is 4.71. The molecule has 1 unspecified atom stereocenters. The predicted molar refractivity (Wildman–Crippen MR) is 75.8 cm³/mol. The molecule has 21 heavy (non-hydrogen) atoms. The van der Waals surface area contributed by atoms with Crippen LogP contribution in [-0.2, 0) is 6.18 Å². The van der Waals surface area contributed by atoms with Crippen LogP contribution >= 0.6 is 0 Å². The van der Waals surface area contributed by atoms with Crippen molar-refractivity contribution in [1.29, 1.82) is 0 Å². The second-order valence-corrected chi connectivity index (χ2v) is 5.02. The first-order valence-corrected chi connectivity index (χ1v) is 7.04. The van der Waals surface area contributed by atoms with Crippen LogP contribution in [0.1, 0.15) is 42.1 Å². The number of hydrogen-bond acceptors (Lipinski definition) is 2. The van der Waals surface area contributed by atoms with Crippen LogP contribution in [0.5, 0.6) is 0 Å². The maximum Gasteiger partial charge on any atom is 0.416 e. The van der Waals surface area contributed by atoms with E-state index in [9.17, 15) is 18.0 Å². The second-order valence-electron chi connectivity index (χ2n) is 5.02. The van der Waals surface area contributed by atoms with E-state index in [1.165, 1.54) is 12.1 Å². The topological polar surface area (TPSA) is 55.1 Å². The minimum Gasteiger partial charge on any atom is -0.352 e. The van der Waals surface area contributed by atoms with E-state index in [0.29, 0.717) is 13.1 Å². The summed E-state index contributed by atoms with van der Waals surface area (Å²) in [5.74, 6) is -0.228. The zero-order valence-electron chi connectivity index (χ0n) is 12.0. The van der Waals surface area contributed by atoms with Crippen LogP contribution in [0, 0.1) is 5.92 Å². The van der Waals surface area contributed by atoms with Gasteiger partial charge in [0.1, 0.15) is 0 Å². The molecule has 0 fully saturated rings. The van der Waals surface area contributed by atoms with Gasteiger partial charge in [-0.1, -0.05) is 19.4 Å². The van der Waals surface area contributed by atoms with Gasteiger partial charge in [-0.3, -0.25) is 4.79 Å². The molecule has 0 heterocycles. The van der Waals surface area contributed by atoms with Crippen molar-refractivity contribution in [3.63, 3.8) is 0 Å². The number of carbonyl (C=O) groups is 1. The largest absolute Gasteiger partial charge is 0.416 e. The van der Waals surface area contributed by atoms with Gasteiger partial charge in [0, 0.05) is 12.1 Å². The number of carbonyl (C=O) groups excluding carboxylic acids is 1. The third-order valence-corrected chi connectivity index (χ3v) is 3.28. The lowest BCUT2D eigenvalue weighted by Crippen LogP contribution is -2.30. The van der Waals surface area contributed by atoms with Crippen LogP contribution in [0.4, 0.5) is 13.2 Å². The quantitative estimate of drug-likeness (QED) is 0.812. The molecule has 1 atom stereocenters. The summed E-state index contributed by atoms with van der Waals surface area (Å²) in [6.07, 6.45) is -1.75. The van der Waals surface area contributed by atoms with Gasteiger partial charge in [0.2, 0.25) is 0 Å². The van der Waals surface area contributed by atoms with Crippen LogP contribution in [0.3, 0.4) is 0 Å². The number of nitrogens with one attached hydrogen (secondary N) is 1. The van der Waals surface area contributed by atoms with E-state index in [1.54, 1.807) is 0 Å². The highest BCUT2D eigenvalue weighted by Crippen LogP contribution is 2.29. The SMILES string of the molecule is CCCC(CCN)CNC(=O)c1cccc(C(F)(F)F)c1. The summed E-state index contributed by atoms with van der Waals surface area (Å²) in [7, 11) is 0. The van der Waals surface area contributed by atoms with Crippen molar-refractivity contribution in [2.45, 2.75) is 32.4 Å². The molecule has 1 rings (SSSR count). The molecule has 118 valence electrons.